The lowest BCUT2D eigenvalue weighted by molar-refractivity contribution is 0.208. The number of thioether (sulfide) groups is 1. The van der Waals surface area contributed by atoms with Crippen molar-refractivity contribution in [3.63, 3.8) is 0 Å². The van der Waals surface area contributed by atoms with E-state index in [2.05, 4.69) is 0 Å². The Kier molecular flexibility index (Phi) is 6.11. The van der Waals surface area contributed by atoms with E-state index in [-0.39, 0.29) is 12.1 Å². The van der Waals surface area contributed by atoms with Crippen LogP contribution in [0.1, 0.15) is 6.92 Å². The fourth-order valence-electron chi connectivity index (χ4n) is 0.458. The van der Waals surface area contributed by atoms with E-state index in [1.165, 1.54) is 0 Å². The highest BCUT2D eigenvalue weighted by atomic mass is 32.2. The molecule has 2 unspecified atom stereocenters. The van der Waals surface area contributed by atoms with Crippen molar-refractivity contribution in [2.24, 2.45) is 11.5 Å². The molecular formula is C6H16N2OS. The van der Waals surface area contributed by atoms with Gasteiger partial charge in [-0.2, -0.15) is 11.8 Å². The molecule has 0 aromatic carbocycles. The van der Waals surface area contributed by atoms with Gasteiger partial charge < -0.3 is 16.6 Å². The number of aliphatic hydroxyl groups is 1. The third-order valence-corrected chi connectivity index (χ3v) is 2.35. The molecule has 5 N–H and O–H groups in total. The first-order valence-corrected chi connectivity index (χ1v) is 4.53. The Labute approximate surface area is 66.2 Å². The molecule has 0 bridgehead atoms. The van der Waals surface area contributed by atoms with Gasteiger partial charge in [-0.25, -0.2) is 0 Å². The van der Waals surface area contributed by atoms with Crippen molar-refractivity contribution in [3.05, 3.63) is 0 Å². The third kappa shape index (κ3) is 6.35. The molecule has 0 radical (unpaired) electrons. The van der Waals surface area contributed by atoms with Crippen LogP contribution in [0.25, 0.3) is 0 Å². The summed E-state index contributed by atoms with van der Waals surface area (Å²) in [6.07, 6.45) is -0.372. The largest absolute Gasteiger partial charge is 0.391 e. The molecule has 3 nitrogen and oxygen atoms in total. The fraction of sp³-hybridized carbons (Fsp3) is 1.00. The van der Waals surface area contributed by atoms with Crippen LogP contribution in [0.4, 0.5) is 0 Å². The zero-order valence-corrected chi connectivity index (χ0v) is 7.10. The Hall–Kier alpha value is 0.230. The summed E-state index contributed by atoms with van der Waals surface area (Å²) >= 11 is 1.64. The van der Waals surface area contributed by atoms with Gasteiger partial charge in [0.1, 0.15) is 0 Å². The van der Waals surface area contributed by atoms with E-state index >= 15 is 0 Å². The summed E-state index contributed by atoms with van der Waals surface area (Å²) in [5.74, 6) is 1.58. The molecule has 0 amide bonds. The van der Waals surface area contributed by atoms with Crippen molar-refractivity contribution in [1.29, 1.82) is 0 Å². The summed E-state index contributed by atoms with van der Waals surface area (Å²) in [7, 11) is 0. The second-order valence-electron chi connectivity index (χ2n) is 2.40. The summed E-state index contributed by atoms with van der Waals surface area (Å²) in [4.78, 5) is 0. The molecule has 0 saturated heterocycles. The van der Waals surface area contributed by atoms with Crippen LogP contribution in [0.2, 0.25) is 0 Å². The molecule has 62 valence electrons. The summed E-state index contributed by atoms with van der Waals surface area (Å²) in [5, 5.41) is 8.98. The van der Waals surface area contributed by atoms with Crippen LogP contribution in [-0.4, -0.2) is 35.3 Å². The lowest BCUT2D eigenvalue weighted by Crippen LogP contribution is -2.24. The Bertz CT molecular complexity index is 80.1. The molecule has 4 heteroatoms. The van der Waals surface area contributed by atoms with E-state index < -0.39 is 0 Å². The van der Waals surface area contributed by atoms with Crippen molar-refractivity contribution in [2.75, 3.05) is 18.1 Å². The maximum absolute atomic E-state index is 8.98. The van der Waals surface area contributed by atoms with Crippen molar-refractivity contribution in [3.8, 4) is 0 Å². The normalized spacial score (nSPS) is 16.8. The molecule has 0 aromatic heterocycles. The lowest BCUT2D eigenvalue weighted by atomic mass is 10.4. The Morgan fingerprint density at radius 1 is 1.50 bits per heavy atom. The van der Waals surface area contributed by atoms with Crippen LogP contribution in [0.3, 0.4) is 0 Å². The van der Waals surface area contributed by atoms with Crippen molar-refractivity contribution in [1.82, 2.24) is 0 Å². The van der Waals surface area contributed by atoms with Gasteiger partial charge in [-0.05, 0) is 6.92 Å². The molecule has 0 fully saturated rings. The minimum Gasteiger partial charge on any atom is -0.391 e. The minimum atomic E-state index is -0.372. The van der Waals surface area contributed by atoms with Crippen LogP contribution in [0, 0.1) is 0 Å². The number of hydrogen-bond acceptors (Lipinski definition) is 4. The van der Waals surface area contributed by atoms with E-state index in [0.29, 0.717) is 12.3 Å². The van der Waals surface area contributed by atoms with Gasteiger partial charge in [0.05, 0.1) is 6.10 Å². The third-order valence-electron chi connectivity index (χ3n) is 0.963. The first kappa shape index (κ1) is 10.2. The van der Waals surface area contributed by atoms with Crippen LogP contribution in [-0.2, 0) is 0 Å². The monoisotopic (exact) mass is 164 g/mol. The van der Waals surface area contributed by atoms with E-state index in [1.807, 2.05) is 6.92 Å². The standard InChI is InChI=1S/C6H16N2OS/c1-5(8)3-10-4-6(9)2-7/h5-6,9H,2-4,7-8H2,1H3. The van der Waals surface area contributed by atoms with Crippen molar-refractivity contribution >= 4 is 11.8 Å². The van der Waals surface area contributed by atoms with Gasteiger partial charge in [0.25, 0.3) is 0 Å². The first-order valence-electron chi connectivity index (χ1n) is 3.38. The number of aliphatic hydroxyl groups excluding tert-OH is 1. The predicted octanol–water partition coefficient (Wildman–Crippen LogP) is -0.614. The zero-order chi connectivity index (χ0) is 7.98. The van der Waals surface area contributed by atoms with E-state index in [4.69, 9.17) is 16.6 Å². The van der Waals surface area contributed by atoms with Crippen LogP contribution in [0.5, 0.6) is 0 Å². The number of nitrogens with two attached hydrogens (primary N) is 2. The highest BCUT2D eigenvalue weighted by molar-refractivity contribution is 7.99. The summed E-state index contributed by atoms with van der Waals surface area (Å²) < 4.78 is 0. The van der Waals surface area contributed by atoms with E-state index in [0.717, 1.165) is 5.75 Å². The maximum Gasteiger partial charge on any atom is 0.0752 e. The van der Waals surface area contributed by atoms with Gasteiger partial charge in [-0.1, -0.05) is 0 Å². The maximum atomic E-state index is 8.98. The van der Waals surface area contributed by atoms with Crippen molar-refractivity contribution < 1.29 is 5.11 Å². The second kappa shape index (κ2) is 5.97. The highest BCUT2D eigenvalue weighted by Gasteiger charge is 2.01. The minimum absolute atomic E-state index is 0.204. The second-order valence-corrected chi connectivity index (χ2v) is 3.48. The molecule has 0 aromatic rings. The molecule has 0 rings (SSSR count). The van der Waals surface area contributed by atoms with Gasteiger partial charge in [-0.3, -0.25) is 0 Å². The predicted molar refractivity (Wildman–Crippen MR) is 46.0 cm³/mol. The Balaban J connectivity index is 3.03. The molecular weight excluding hydrogens is 148 g/mol. The van der Waals surface area contributed by atoms with Crippen molar-refractivity contribution in [2.45, 2.75) is 19.1 Å². The van der Waals surface area contributed by atoms with Gasteiger partial charge >= 0.3 is 0 Å². The Morgan fingerprint density at radius 2 is 2.10 bits per heavy atom. The fourth-order valence-corrected chi connectivity index (χ4v) is 1.37. The quantitative estimate of drug-likeness (QED) is 0.507. The van der Waals surface area contributed by atoms with Gasteiger partial charge in [0.2, 0.25) is 0 Å². The molecule has 2 atom stereocenters. The molecule has 0 heterocycles. The molecule has 0 spiro atoms. The number of hydrogen-bond donors (Lipinski definition) is 3. The highest BCUT2D eigenvalue weighted by Crippen LogP contribution is 2.02. The number of rotatable bonds is 5. The Morgan fingerprint density at radius 3 is 2.50 bits per heavy atom. The molecule has 0 saturated carbocycles. The average molecular weight is 164 g/mol. The van der Waals surface area contributed by atoms with Crippen LogP contribution < -0.4 is 11.5 Å². The SMILES string of the molecule is CC(N)CSCC(O)CN. The molecule has 0 aliphatic rings. The lowest BCUT2D eigenvalue weighted by Gasteiger charge is -2.07. The zero-order valence-electron chi connectivity index (χ0n) is 6.29. The summed E-state index contributed by atoms with van der Waals surface area (Å²) in [6, 6.07) is 0.204. The first-order chi connectivity index (χ1) is 4.66. The van der Waals surface area contributed by atoms with Crippen LogP contribution >= 0.6 is 11.8 Å². The summed E-state index contributed by atoms with van der Waals surface area (Å²) in [6.45, 7) is 2.29. The summed E-state index contributed by atoms with van der Waals surface area (Å²) in [5.41, 5.74) is 10.7. The van der Waals surface area contributed by atoms with E-state index in [9.17, 15) is 0 Å². The smallest absolute Gasteiger partial charge is 0.0752 e. The van der Waals surface area contributed by atoms with Crippen LogP contribution in [0.15, 0.2) is 0 Å². The van der Waals surface area contributed by atoms with E-state index in [1.54, 1.807) is 11.8 Å². The molecule has 0 aliphatic carbocycles. The average Bonchev–Trinajstić information content (AvgIpc) is 1.87. The van der Waals surface area contributed by atoms with Gasteiger partial charge in [0.15, 0.2) is 0 Å². The molecule has 0 aliphatic heterocycles. The topological polar surface area (TPSA) is 72.3 Å². The van der Waals surface area contributed by atoms with Gasteiger partial charge in [0, 0.05) is 24.1 Å². The van der Waals surface area contributed by atoms with Gasteiger partial charge in [-0.15, -0.1) is 0 Å². The molecule has 10 heavy (non-hydrogen) atoms.